The third kappa shape index (κ3) is 5.35. The first kappa shape index (κ1) is 18.5. The van der Waals surface area contributed by atoms with Crippen LogP contribution in [-0.2, 0) is 9.53 Å². The molecule has 0 unspecified atom stereocenters. The van der Waals surface area contributed by atoms with Gasteiger partial charge < -0.3 is 14.8 Å². The third-order valence-electron chi connectivity index (χ3n) is 3.81. The Morgan fingerprint density at radius 3 is 2.24 bits per heavy atom. The fraction of sp³-hybridized carbons (Fsp3) is 0.300. The Labute approximate surface area is 148 Å². The number of methoxy groups -OCH3 is 1. The summed E-state index contributed by atoms with van der Waals surface area (Å²) >= 11 is 0. The predicted octanol–water partition coefficient (Wildman–Crippen LogP) is 3.43. The summed E-state index contributed by atoms with van der Waals surface area (Å²) in [6.45, 7) is 4.02. The van der Waals surface area contributed by atoms with Crippen LogP contribution in [0, 0.1) is 6.92 Å². The molecule has 5 nitrogen and oxygen atoms in total. The van der Waals surface area contributed by atoms with Crippen molar-refractivity contribution < 1.29 is 19.1 Å². The SMILES string of the molecule is CCOC(=O)C[C@@H](NC(=O)c1ccc(C)cc1)c1ccc(OC)cc1. The number of nitrogens with one attached hydrogen (secondary N) is 1. The lowest BCUT2D eigenvalue weighted by Crippen LogP contribution is -2.30. The Morgan fingerprint density at radius 2 is 1.68 bits per heavy atom. The number of benzene rings is 2. The van der Waals surface area contributed by atoms with Gasteiger partial charge in [0, 0.05) is 5.56 Å². The van der Waals surface area contributed by atoms with E-state index in [2.05, 4.69) is 5.32 Å². The van der Waals surface area contributed by atoms with Crippen LogP contribution in [0.4, 0.5) is 0 Å². The molecular formula is C20H23NO4. The summed E-state index contributed by atoms with van der Waals surface area (Å²) in [5, 5.41) is 2.92. The summed E-state index contributed by atoms with van der Waals surface area (Å²) in [5.41, 5.74) is 2.44. The van der Waals surface area contributed by atoms with Gasteiger partial charge in [0.15, 0.2) is 0 Å². The highest BCUT2D eigenvalue weighted by Gasteiger charge is 2.20. The van der Waals surface area contributed by atoms with Crippen molar-refractivity contribution in [3.8, 4) is 5.75 Å². The van der Waals surface area contributed by atoms with Gasteiger partial charge in [-0.05, 0) is 43.7 Å². The van der Waals surface area contributed by atoms with Crippen LogP contribution in [0.2, 0.25) is 0 Å². The second-order valence-corrected chi connectivity index (χ2v) is 5.67. The van der Waals surface area contributed by atoms with Crippen LogP contribution in [0.3, 0.4) is 0 Å². The van der Waals surface area contributed by atoms with Gasteiger partial charge in [0.1, 0.15) is 5.75 Å². The summed E-state index contributed by atoms with van der Waals surface area (Å²) < 4.78 is 10.2. The molecule has 0 saturated carbocycles. The number of rotatable bonds is 7. The van der Waals surface area contributed by atoms with Crippen LogP contribution in [0.25, 0.3) is 0 Å². The molecule has 2 rings (SSSR count). The summed E-state index contributed by atoms with van der Waals surface area (Å²) in [4.78, 5) is 24.4. The Hall–Kier alpha value is -2.82. The van der Waals surface area contributed by atoms with Gasteiger partial charge >= 0.3 is 5.97 Å². The maximum atomic E-state index is 12.5. The average molecular weight is 341 g/mol. The van der Waals surface area contributed by atoms with E-state index in [1.807, 2.05) is 31.2 Å². The van der Waals surface area contributed by atoms with Gasteiger partial charge in [-0.25, -0.2) is 0 Å². The van der Waals surface area contributed by atoms with Gasteiger partial charge in [0.05, 0.1) is 26.2 Å². The Balaban J connectivity index is 2.19. The highest BCUT2D eigenvalue weighted by Crippen LogP contribution is 2.21. The number of hydrogen-bond donors (Lipinski definition) is 1. The van der Waals surface area contributed by atoms with Crippen molar-refractivity contribution in [1.82, 2.24) is 5.32 Å². The van der Waals surface area contributed by atoms with E-state index < -0.39 is 6.04 Å². The molecule has 0 heterocycles. The van der Waals surface area contributed by atoms with Crippen LogP contribution in [0.15, 0.2) is 48.5 Å². The lowest BCUT2D eigenvalue weighted by Gasteiger charge is -2.19. The second-order valence-electron chi connectivity index (χ2n) is 5.67. The molecule has 0 saturated heterocycles. The van der Waals surface area contributed by atoms with Gasteiger partial charge in [0.25, 0.3) is 5.91 Å². The predicted molar refractivity (Wildman–Crippen MR) is 95.6 cm³/mol. The summed E-state index contributed by atoms with van der Waals surface area (Å²) in [6, 6.07) is 14.1. The smallest absolute Gasteiger partial charge is 0.308 e. The third-order valence-corrected chi connectivity index (χ3v) is 3.81. The van der Waals surface area contributed by atoms with Gasteiger partial charge in [-0.1, -0.05) is 29.8 Å². The largest absolute Gasteiger partial charge is 0.497 e. The monoisotopic (exact) mass is 341 g/mol. The zero-order valence-corrected chi connectivity index (χ0v) is 14.7. The van der Waals surface area contributed by atoms with Crippen molar-refractivity contribution in [1.29, 1.82) is 0 Å². The zero-order valence-electron chi connectivity index (χ0n) is 14.7. The van der Waals surface area contributed by atoms with Gasteiger partial charge in [-0.15, -0.1) is 0 Å². The minimum absolute atomic E-state index is 0.0672. The number of carbonyl (C=O) groups excluding carboxylic acids is 2. The van der Waals surface area contributed by atoms with Crippen LogP contribution >= 0.6 is 0 Å². The zero-order chi connectivity index (χ0) is 18.2. The van der Waals surface area contributed by atoms with Crippen molar-refractivity contribution in [2.75, 3.05) is 13.7 Å². The topological polar surface area (TPSA) is 64.6 Å². The lowest BCUT2D eigenvalue weighted by molar-refractivity contribution is -0.143. The summed E-state index contributed by atoms with van der Waals surface area (Å²) in [5.74, 6) is 0.126. The molecule has 2 aromatic carbocycles. The van der Waals surface area contributed by atoms with Crippen molar-refractivity contribution in [3.63, 3.8) is 0 Å². The standard InChI is InChI=1S/C20H23NO4/c1-4-25-19(22)13-18(15-9-11-17(24-3)12-10-15)21-20(23)16-7-5-14(2)6-8-16/h5-12,18H,4,13H2,1-3H3,(H,21,23)/t18-/m1/s1. The van der Waals surface area contributed by atoms with Gasteiger partial charge in [-0.3, -0.25) is 9.59 Å². The molecule has 132 valence electrons. The number of hydrogen-bond acceptors (Lipinski definition) is 4. The summed E-state index contributed by atoms with van der Waals surface area (Å²) in [7, 11) is 1.59. The van der Waals surface area contributed by atoms with Crippen LogP contribution < -0.4 is 10.1 Å². The first-order valence-corrected chi connectivity index (χ1v) is 8.20. The molecular weight excluding hydrogens is 318 g/mol. The van der Waals surface area contributed by atoms with Crippen molar-refractivity contribution >= 4 is 11.9 Å². The molecule has 1 atom stereocenters. The highest BCUT2D eigenvalue weighted by molar-refractivity contribution is 5.94. The summed E-state index contributed by atoms with van der Waals surface area (Å²) in [6.07, 6.45) is 0.0672. The molecule has 0 spiro atoms. The van der Waals surface area contributed by atoms with E-state index >= 15 is 0 Å². The molecule has 1 N–H and O–H groups in total. The molecule has 2 aromatic rings. The van der Waals surface area contributed by atoms with Crippen molar-refractivity contribution in [2.24, 2.45) is 0 Å². The average Bonchev–Trinajstić information content (AvgIpc) is 2.62. The fourth-order valence-electron chi connectivity index (χ4n) is 2.42. The maximum Gasteiger partial charge on any atom is 0.308 e. The molecule has 0 bridgehead atoms. The Morgan fingerprint density at radius 1 is 1.04 bits per heavy atom. The highest BCUT2D eigenvalue weighted by atomic mass is 16.5. The number of aryl methyl sites for hydroxylation is 1. The number of amides is 1. The molecule has 0 aromatic heterocycles. The lowest BCUT2D eigenvalue weighted by atomic mass is 10.0. The van der Waals surface area contributed by atoms with Gasteiger partial charge in [0.2, 0.25) is 0 Å². The van der Waals surface area contributed by atoms with Crippen molar-refractivity contribution in [2.45, 2.75) is 26.3 Å². The minimum Gasteiger partial charge on any atom is -0.497 e. The Bertz CT molecular complexity index is 707. The van der Waals surface area contributed by atoms with E-state index in [1.165, 1.54) is 0 Å². The van der Waals surface area contributed by atoms with E-state index in [1.54, 1.807) is 38.3 Å². The van der Waals surface area contributed by atoms with E-state index in [-0.39, 0.29) is 18.3 Å². The quantitative estimate of drug-likeness (QED) is 0.784. The molecule has 5 heteroatoms. The molecule has 1 amide bonds. The van der Waals surface area contributed by atoms with E-state index in [0.29, 0.717) is 17.9 Å². The normalized spacial score (nSPS) is 11.5. The number of carbonyl (C=O) groups is 2. The number of esters is 1. The first-order chi connectivity index (χ1) is 12.0. The van der Waals surface area contributed by atoms with E-state index in [0.717, 1.165) is 11.1 Å². The van der Waals surface area contributed by atoms with Gasteiger partial charge in [-0.2, -0.15) is 0 Å². The fourth-order valence-corrected chi connectivity index (χ4v) is 2.42. The van der Waals surface area contributed by atoms with Crippen LogP contribution in [-0.4, -0.2) is 25.6 Å². The van der Waals surface area contributed by atoms with Crippen LogP contribution in [0.5, 0.6) is 5.75 Å². The second kappa shape index (κ2) is 8.87. The van der Waals surface area contributed by atoms with Crippen molar-refractivity contribution in [3.05, 3.63) is 65.2 Å². The first-order valence-electron chi connectivity index (χ1n) is 8.20. The molecule has 0 aliphatic rings. The van der Waals surface area contributed by atoms with E-state index in [9.17, 15) is 9.59 Å². The maximum absolute atomic E-state index is 12.5. The number of ether oxygens (including phenoxy) is 2. The molecule has 0 aliphatic heterocycles. The minimum atomic E-state index is -0.473. The van der Waals surface area contributed by atoms with Crippen LogP contribution in [0.1, 0.15) is 40.9 Å². The molecule has 0 radical (unpaired) electrons. The van der Waals surface area contributed by atoms with E-state index in [4.69, 9.17) is 9.47 Å². The molecule has 0 fully saturated rings. The molecule has 0 aliphatic carbocycles. The molecule has 25 heavy (non-hydrogen) atoms. The Kier molecular flexibility index (Phi) is 6.57.